The van der Waals surface area contributed by atoms with E-state index in [0.717, 1.165) is 0 Å². The van der Waals surface area contributed by atoms with Crippen molar-refractivity contribution in [1.82, 2.24) is 5.43 Å². The Morgan fingerprint density at radius 2 is 1.79 bits per heavy atom. The standard InChI is InChI=1S/C9H12N2O3/c1-13-6-4-3-5-7(14-2)8(6)9(12)11-10/h3-5H,10H2,1-2H3,(H,11,12). The summed E-state index contributed by atoms with van der Waals surface area (Å²) in [5.74, 6) is 5.44. The average Bonchev–Trinajstić information content (AvgIpc) is 2.26. The molecule has 0 heterocycles. The van der Waals surface area contributed by atoms with Gasteiger partial charge in [-0.3, -0.25) is 10.2 Å². The topological polar surface area (TPSA) is 73.6 Å². The van der Waals surface area contributed by atoms with Crippen LogP contribution in [0.1, 0.15) is 10.4 Å². The van der Waals surface area contributed by atoms with Gasteiger partial charge in [-0.2, -0.15) is 0 Å². The van der Waals surface area contributed by atoms with E-state index in [1.165, 1.54) is 14.2 Å². The number of ether oxygens (including phenoxy) is 2. The van der Waals surface area contributed by atoms with Gasteiger partial charge in [0.1, 0.15) is 17.1 Å². The predicted octanol–water partition coefficient (Wildman–Crippen LogP) is 0.307. The minimum absolute atomic E-state index is 0.292. The molecule has 1 amide bonds. The molecule has 1 rings (SSSR count). The average molecular weight is 196 g/mol. The van der Waals surface area contributed by atoms with E-state index in [0.29, 0.717) is 17.1 Å². The first kappa shape index (κ1) is 10.3. The van der Waals surface area contributed by atoms with Gasteiger partial charge < -0.3 is 9.47 Å². The van der Waals surface area contributed by atoms with Gasteiger partial charge in [-0.05, 0) is 12.1 Å². The maximum Gasteiger partial charge on any atom is 0.272 e. The zero-order valence-electron chi connectivity index (χ0n) is 8.03. The van der Waals surface area contributed by atoms with Crippen molar-refractivity contribution >= 4 is 5.91 Å². The summed E-state index contributed by atoms with van der Waals surface area (Å²) in [5, 5.41) is 0. The Bertz CT molecular complexity index is 317. The molecule has 0 aliphatic heterocycles. The van der Waals surface area contributed by atoms with Crippen molar-refractivity contribution in [3.8, 4) is 11.5 Å². The molecule has 0 aliphatic rings. The molecular weight excluding hydrogens is 184 g/mol. The zero-order valence-corrected chi connectivity index (χ0v) is 8.03. The highest BCUT2D eigenvalue weighted by atomic mass is 16.5. The van der Waals surface area contributed by atoms with Crippen molar-refractivity contribution in [2.24, 2.45) is 5.84 Å². The second kappa shape index (κ2) is 4.48. The van der Waals surface area contributed by atoms with Crippen LogP contribution >= 0.6 is 0 Å². The minimum Gasteiger partial charge on any atom is -0.496 e. The number of benzene rings is 1. The predicted molar refractivity (Wildman–Crippen MR) is 51.2 cm³/mol. The summed E-state index contributed by atoms with van der Waals surface area (Å²) in [6.07, 6.45) is 0. The third-order valence-corrected chi connectivity index (χ3v) is 1.79. The van der Waals surface area contributed by atoms with Gasteiger partial charge >= 0.3 is 0 Å². The zero-order chi connectivity index (χ0) is 10.6. The molecule has 5 heteroatoms. The van der Waals surface area contributed by atoms with E-state index in [4.69, 9.17) is 15.3 Å². The molecular formula is C9H12N2O3. The molecule has 0 spiro atoms. The van der Waals surface area contributed by atoms with Crippen molar-refractivity contribution in [3.63, 3.8) is 0 Å². The maximum absolute atomic E-state index is 11.4. The SMILES string of the molecule is COc1cccc(OC)c1C(=O)NN. The van der Waals surface area contributed by atoms with Crippen LogP contribution in [0, 0.1) is 0 Å². The summed E-state index contributed by atoms with van der Waals surface area (Å²) in [4.78, 5) is 11.4. The second-order valence-corrected chi connectivity index (χ2v) is 2.51. The minimum atomic E-state index is -0.445. The molecule has 0 bridgehead atoms. The van der Waals surface area contributed by atoms with Gasteiger partial charge in [0.15, 0.2) is 0 Å². The number of methoxy groups -OCH3 is 2. The smallest absolute Gasteiger partial charge is 0.272 e. The van der Waals surface area contributed by atoms with Gasteiger partial charge in [0.25, 0.3) is 5.91 Å². The lowest BCUT2D eigenvalue weighted by atomic mass is 10.1. The number of hydrazine groups is 1. The van der Waals surface area contributed by atoms with E-state index in [9.17, 15) is 4.79 Å². The molecule has 0 saturated carbocycles. The number of nitrogen functional groups attached to an aromatic ring is 1. The normalized spacial score (nSPS) is 9.36. The Morgan fingerprint density at radius 3 is 2.14 bits per heavy atom. The van der Waals surface area contributed by atoms with Crippen LogP contribution in [-0.2, 0) is 0 Å². The number of hydrogen-bond acceptors (Lipinski definition) is 4. The first-order valence-electron chi connectivity index (χ1n) is 3.96. The number of rotatable bonds is 3. The van der Waals surface area contributed by atoms with Crippen LogP contribution in [-0.4, -0.2) is 20.1 Å². The summed E-state index contributed by atoms with van der Waals surface area (Å²) in [6, 6.07) is 5.05. The molecule has 0 aliphatic carbocycles. The molecule has 0 saturated heterocycles. The van der Waals surface area contributed by atoms with Crippen molar-refractivity contribution in [2.75, 3.05) is 14.2 Å². The summed E-state index contributed by atoms with van der Waals surface area (Å²) >= 11 is 0. The molecule has 0 atom stereocenters. The van der Waals surface area contributed by atoms with E-state index >= 15 is 0 Å². The van der Waals surface area contributed by atoms with Gasteiger partial charge in [0, 0.05) is 0 Å². The highest BCUT2D eigenvalue weighted by Crippen LogP contribution is 2.27. The summed E-state index contributed by atoms with van der Waals surface area (Å²) in [5.41, 5.74) is 2.32. The van der Waals surface area contributed by atoms with Crippen LogP contribution in [0.2, 0.25) is 0 Å². The van der Waals surface area contributed by atoms with E-state index in [1.54, 1.807) is 18.2 Å². The van der Waals surface area contributed by atoms with Crippen LogP contribution in [0.5, 0.6) is 11.5 Å². The van der Waals surface area contributed by atoms with Crippen LogP contribution in [0.3, 0.4) is 0 Å². The largest absolute Gasteiger partial charge is 0.496 e. The van der Waals surface area contributed by atoms with Crippen molar-refractivity contribution in [1.29, 1.82) is 0 Å². The lowest BCUT2D eigenvalue weighted by molar-refractivity contribution is 0.0947. The van der Waals surface area contributed by atoms with E-state index in [-0.39, 0.29) is 0 Å². The number of amides is 1. The summed E-state index contributed by atoms with van der Waals surface area (Å²) < 4.78 is 10.0. The molecule has 0 fully saturated rings. The van der Waals surface area contributed by atoms with Crippen molar-refractivity contribution in [3.05, 3.63) is 23.8 Å². The van der Waals surface area contributed by atoms with E-state index in [2.05, 4.69) is 0 Å². The van der Waals surface area contributed by atoms with Crippen LogP contribution in [0.15, 0.2) is 18.2 Å². The second-order valence-electron chi connectivity index (χ2n) is 2.51. The molecule has 3 N–H and O–H groups in total. The molecule has 14 heavy (non-hydrogen) atoms. The number of nitrogens with one attached hydrogen (secondary N) is 1. The molecule has 1 aromatic rings. The Hall–Kier alpha value is -1.75. The van der Waals surface area contributed by atoms with Gasteiger partial charge in [-0.1, -0.05) is 6.07 Å². The number of nitrogens with two attached hydrogens (primary N) is 1. The number of carbonyl (C=O) groups is 1. The van der Waals surface area contributed by atoms with Gasteiger partial charge in [-0.15, -0.1) is 0 Å². The molecule has 0 unspecified atom stereocenters. The lowest BCUT2D eigenvalue weighted by Crippen LogP contribution is -2.30. The molecule has 0 aromatic heterocycles. The highest BCUT2D eigenvalue weighted by molar-refractivity contribution is 5.99. The van der Waals surface area contributed by atoms with Crippen LogP contribution in [0.25, 0.3) is 0 Å². The monoisotopic (exact) mass is 196 g/mol. The molecule has 1 aromatic carbocycles. The lowest BCUT2D eigenvalue weighted by Gasteiger charge is -2.10. The number of carbonyl (C=O) groups excluding carboxylic acids is 1. The fourth-order valence-electron chi connectivity index (χ4n) is 1.15. The Morgan fingerprint density at radius 1 is 1.29 bits per heavy atom. The molecule has 5 nitrogen and oxygen atoms in total. The van der Waals surface area contributed by atoms with Gasteiger partial charge in [0.05, 0.1) is 14.2 Å². The first-order chi connectivity index (χ1) is 6.74. The number of hydrogen-bond donors (Lipinski definition) is 2. The Labute approximate surface area is 81.8 Å². The highest BCUT2D eigenvalue weighted by Gasteiger charge is 2.16. The Kier molecular flexibility index (Phi) is 3.30. The quantitative estimate of drug-likeness (QED) is 0.414. The van der Waals surface area contributed by atoms with Crippen molar-refractivity contribution < 1.29 is 14.3 Å². The first-order valence-corrected chi connectivity index (χ1v) is 3.96. The van der Waals surface area contributed by atoms with Crippen LogP contribution in [0.4, 0.5) is 0 Å². The Balaban J connectivity index is 3.25. The fraction of sp³-hybridized carbons (Fsp3) is 0.222. The van der Waals surface area contributed by atoms with Crippen LogP contribution < -0.4 is 20.7 Å². The van der Waals surface area contributed by atoms with Gasteiger partial charge in [-0.25, -0.2) is 5.84 Å². The third-order valence-electron chi connectivity index (χ3n) is 1.79. The summed E-state index contributed by atoms with van der Waals surface area (Å²) in [7, 11) is 2.95. The third kappa shape index (κ3) is 1.77. The molecule has 0 radical (unpaired) electrons. The van der Waals surface area contributed by atoms with Gasteiger partial charge in [0.2, 0.25) is 0 Å². The summed E-state index contributed by atoms with van der Waals surface area (Å²) in [6.45, 7) is 0. The maximum atomic E-state index is 11.4. The fourth-order valence-corrected chi connectivity index (χ4v) is 1.15. The van der Waals surface area contributed by atoms with Crippen molar-refractivity contribution in [2.45, 2.75) is 0 Å². The van der Waals surface area contributed by atoms with E-state index < -0.39 is 5.91 Å². The van der Waals surface area contributed by atoms with E-state index in [1.807, 2.05) is 5.43 Å². The molecule has 76 valence electrons.